The van der Waals surface area contributed by atoms with Gasteiger partial charge in [0.15, 0.2) is 11.5 Å². The average molecular weight is 277 g/mol. The Balaban J connectivity index is 1.55. The first kappa shape index (κ1) is 13.7. The number of nitrogens with one attached hydrogen (secondary N) is 1. The number of fused-ring (bicyclic) bond motifs is 1. The van der Waals surface area contributed by atoms with E-state index in [1.807, 2.05) is 12.1 Å². The van der Waals surface area contributed by atoms with Crippen LogP contribution in [0.5, 0.6) is 11.5 Å². The van der Waals surface area contributed by atoms with Gasteiger partial charge >= 0.3 is 0 Å². The number of ether oxygens (including phenoxy) is 2. The van der Waals surface area contributed by atoms with Crippen molar-refractivity contribution in [3.8, 4) is 11.5 Å². The molecule has 0 aromatic heterocycles. The van der Waals surface area contributed by atoms with Gasteiger partial charge in [-0.3, -0.25) is 0 Å². The van der Waals surface area contributed by atoms with Gasteiger partial charge in [-0.05, 0) is 62.4 Å². The van der Waals surface area contributed by atoms with Crippen molar-refractivity contribution in [1.82, 2.24) is 5.32 Å². The maximum absolute atomic E-state index is 10.3. The van der Waals surface area contributed by atoms with Crippen LogP contribution in [-0.4, -0.2) is 37.5 Å². The summed E-state index contributed by atoms with van der Waals surface area (Å²) < 4.78 is 11.1. The van der Waals surface area contributed by atoms with Gasteiger partial charge in [0.2, 0.25) is 0 Å². The van der Waals surface area contributed by atoms with Gasteiger partial charge in [-0.2, -0.15) is 0 Å². The number of rotatable bonds is 4. The zero-order valence-corrected chi connectivity index (χ0v) is 11.8. The number of aryl methyl sites for hydroxylation is 1. The van der Waals surface area contributed by atoms with Crippen LogP contribution in [0, 0.1) is 5.92 Å². The maximum Gasteiger partial charge on any atom is 0.161 e. The number of aliphatic hydroxyl groups excluding tert-OH is 1. The molecule has 1 aromatic rings. The van der Waals surface area contributed by atoms with Crippen LogP contribution in [0.25, 0.3) is 0 Å². The second kappa shape index (κ2) is 6.46. The van der Waals surface area contributed by atoms with E-state index in [1.165, 1.54) is 5.56 Å². The molecule has 0 saturated carbocycles. The lowest BCUT2D eigenvalue weighted by Gasteiger charge is -2.27. The molecule has 2 N–H and O–H groups in total. The summed E-state index contributed by atoms with van der Waals surface area (Å²) in [5.41, 5.74) is 1.21. The smallest absolute Gasteiger partial charge is 0.161 e. The van der Waals surface area contributed by atoms with E-state index in [0.29, 0.717) is 19.1 Å². The van der Waals surface area contributed by atoms with E-state index >= 15 is 0 Å². The highest BCUT2D eigenvalue weighted by Crippen LogP contribution is 2.31. The van der Waals surface area contributed by atoms with E-state index in [0.717, 1.165) is 50.3 Å². The maximum atomic E-state index is 10.3. The van der Waals surface area contributed by atoms with Gasteiger partial charge in [-0.25, -0.2) is 0 Å². The van der Waals surface area contributed by atoms with Crippen molar-refractivity contribution in [2.75, 3.05) is 26.3 Å². The summed E-state index contributed by atoms with van der Waals surface area (Å²) in [6.45, 7) is 3.31. The Kier molecular flexibility index (Phi) is 4.43. The number of hydrogen-bond acceptors (Lipinski definition) is 4. The van der Waals surface area contributed by atoms with Crippen LogP contribution in [0.2, 0.25) is 0 Å². The number of piperidine rings is 1. The van der Waals surface area contributed by atoms with E-state index in [9.17, 15) is 5.11 Å². The zero-order chi connectivity index (χ0) is 13.8. The third kappa shape index (κ3) is 3.25. The summed E-state index contributed by atoms with van der Waals surface area (Å²) in [7, 11) is 0. The van der Waals surface area contributed by atoms with Crippen LogP contribution in [0.4, 0.5) is 0 Å². The molecular formula is C16H23NO3. The lowest BCUT2D eigenvalue weighted by atomic mass is 9.89. The Morgan fingerprint density at radius 3 is 2.70 bits per heavy atom. The molecule has 0 radical (unpaired) electrons. The van der Waals surface area contributed by atoms with E-state index < -0.39 is 0 Å². The van der Waals surface area contributed by atoms with Gasteiger partial charge in [0.25, 0.3) is 0 Å². The summed E-state index contributed by atoms with van der Waals surface area (Å²) in [4.78, 5) is 0. The van der Waals surface area contributed by atoms with Gasteiger partial charge in [0.05, 0.1) is 6.10 Å². The SMILES string of the molecule is OC(CCc1ccc2c(c1)OCCO2)C1CCNCC1. The predicted molar refractivity (Wildman–Crippen MR) is 77.4 cm³/mol. The Morgan fingerprint density at radius 1 is 1.15 bits per heavy atom. The van der Waals surface area contributed by atoms with Crippen molar-refractivity contribution in [2.45, 2.75) is 31.8 Å². The Labute approximate surface area is 120 Å². The average Bonchev–Trinajstić information content (AvgIpc) is 2.53. The van der Waals surface area contributed by atoms with E-state index in [4.69, 9.17) is 9.47 Å². The molecule has 1 saturated heterocycles. The van der Waals surface area contributed by atoms with Gasteiger partial charge < -0.3 is 19.9 Å². The molecule has 0 bridgehead atoms. The monoisotopic (exact) mass is 277 g/mol. The largest absolute Gasteiger partial charge is 0.486 e. The van der Waals surface area contributed by atoms with Crippen LogP contribution in [-0.2, 0) is 6.42 Å². The van der Waals surface area contributed by atoms with Gasteiger partial charge in [0, 0.05) is 0 Å². The summed E-state index contributed by atoms with van der Waals surface area (Å²) in [5.74, 6) is 2.12. The molecule has 110 valence electrons. The Bertz CT molecular complexity index is 443. The van der Waals surface area contributed by atoms with Crippen molar-refractivity contribution < 1.29 is 14.6 Å². The molecule has 1 aromatic carbocycles. The lowest BCUT2D eigenvalue weighted by Crippen LogP contribution is -2.34. The lowest BCUT2D eigenvalue weighted by molar-refractivity contribution is 0.0813. The molecule has 0 amide bonds. The normalized spacial score (nSPS) is 20.6. The molecule has 2 aliphatic rings. The summed E-state index contributed by atoms with van der Waals surface area (Å²) in [6, 6.07) is 6.09. The Hall–Kier alpha value is -1.26. The summed E-state index contributed by atoms with van der Waals surface area (Å²) in [6.07, 6.45) is 3.70. The zero-order valence-electron chi connectivity index (χ0n) is 11.8. The minimum atomic E-state index is -0.190. The minimum absolute atomic E-state index is 0.190. The van der Waals surface area contributed by atoms with Crippen LogP contribution < -0.4 is 14.8 Å². The predicted octanol–water partition coefficient (Wildman–Crippen LogP) is 1.75. The van der Waals surface area contributed by atoms with Crippen LogP contribution in [0.3, 0.4) is 0 Å². The molecule has 20 heavy (non-hydrogen) atoms. The van der Waals surface area contributed by atoms with E-state index in [-0.39, 0.29) is 6.10 Å². The van der Waals surface area contributed by atoms with Crippen molar-refractivity contribution in [3.05, 3.63) is 23.8 Å². The van der Waals surface area contributed by atoms with Crippen LogP contribution >= 0.6 is 0 Å². The fourth-order valence-electron chi connectivity index (χ4n) is 3.02. The van der Waals surface area contributed by atoms with Crippen molar-refractivity contribution in [2.24, 2.45) is 5.92 Å². The molecule has 2 aliphatic heterocycles. The standard InChI is InChI=1S/C16H23NO3/c18-14(13-5-7-17-8-6-13)3-1-12-2-4-15-16(11-12)20-10-9-19-15/h2,4,11,13-14,17-18H,1,3,5-10H2. The molecule has 0 aliphatic carbocycles. The van der Waals surface area contributed by atoms with Crippen molar-refractivity contribution in [3.63, 3.8) is 0 Å². The van der Waals surface area contributed by atoms with Gasteiger partial charge in [-0.1, -0.05) is 6.07 Å². The quantitative estimate of drug-likeness (QED) is 0.880. The fourth-order valence-corrected chi connectivity index (χ4v) is 3.02. The van der Waals surface area contributed by atoms with Gasteiger partial charge in [-0.15, -0.1) is 0 Å². The number of benzene rings is 1. The van der Waals surface area contributed by atoms with Crippen LogP contribution in [0.15, 0.2) is 18.2 Å². The third-order valence-electron chi connectivity index (χ3n) is 4.26. The highest BCUT2D eigenvalue weighted by atomic mass is 16.6. The topological polar surface area (TPSA) is 50.7 Å². The Morgan fingerprint density at radius 2 is 1.90 bits per heavy atom. The first-order valence-electron chi connectivity index (χ1n) is 7.60. The summed E-state index contributed by atoms with van der Waals surface area (Å²) >= 11 is 0. The first-order chi connectivity index (χ1) is 9.83. The molecule has 1 unspecified atom stereocenters. The highest BCUT2D eigenvalue weighted by Gasteiger charge is 2.21. The molecule has 2 heterocycles. The summed E-state index contributed by atoms with van der Waals surface area (Å²) in [5, 5.41) is 13.6. The van der Waals surface area contributed by atoms with Crippen molar-refractivity contribution in [1.29, 1.82) is 0 Å². The fraction of sp³-hybridized carbons (Fsp3) is 0.625. The number of hydrogen-bond donors (Lipinski definition) is 2. The highest BCUT2D eigenvalue weighted by molar-refractivity contribution is 5.43. The molecule has 4 nitrogen and oxygen atoms in total. The molecular weight excluding hydrogens is 254 g/mol. The third-order valence-corrected chi connectivity index (χ3v) is 4.26. The minimum Gasteiger partial charge on any atom is -0.486 e. The molecule has 0 spiro atoms. The van der Waals surface area contributed by atoms with E-state index in [2.05, 4.69) is 11.4 Å². The molecule has 4 heteroatoms. The second-order valence-electron chi connectivity index (χ2n) is 5.67. The van der Waals surface area contributed by atoms with Crippen LogP contribution in [0.1, 0.15) is 24.8 Å². The first-order valence-corrected chi connectivity index (χ1v) is 7.60. The molecule has 3 rings (SSSR count). The molecule has 1 fully saturated rings. The van der Waals surface area contributed by atoms with Gasteiger partial charge in [0.1, 0.15) is 13.2 Å². The van der Waals surface area contributed by atoms with Crippen molar-refractivity contribution >= 4 is 0 Å². The van der Waals surface area contributed by atoms with E-state index in [1.54, 1.807) is 0 Å². The molecule has 1 atom stereocenters. The number of aliphatic hydroxyl groups is 1. The second-order valence-corrected chi connectivity index (χ2v) is 5.67.